The second-order valence-electron chi connectivity index (χ2n) is 5.36. The molecule has 2 aromatic rings. The van der Waals surface area contributed by atoms with E-state index in [1.165, 1.54) is 11.1 Å². The monoisotopic (exact) mass is 288 g/mol. The van der Waals surface area contributed by atoms with Gasteiger partial charge in [-0.15, -0.1) is 0 Å². The van der Waals surface area contributed by atoms with Gasteiger partial charge in [0.25, 0.3) is 0 Å². The zero-order valence-corrected chi connectivity index (χ0v) is 13.0. The lowest BCUT2D eigenvalue weighted by Crippen LogP contribution is -2.22. The Labute approximate surface area is 126 Å². The van der Waals surface area contributed by atoms with Crippen molar-refractivity contribution in [2.45, 2.75) is 26.4 Å². The van der Waals surface area contributed by atoms with E-state index >= 15 is 0 Å². The van der Waals surface area contributed by atoms with E-state index in [4.69, 9.17) is 17.3 Å². The number of nitrogen functional groups attached to an aromatic ring is 1. The summed E-state index contributed by atoms with van der Waals surface area (Å²) in [4.78, 5) is 2.27. The number of nitrogens with two attached hydrogens (primary N) is 1. The fourth-order valence-corrected chi connectivity index (χ4v) is 2.55. The SMILES string of the molecule is Cc1ccc(CN(C)C(C)c2cccc(N)c2)c(Cl)c1. The molecule has 0 saturated heterocycles. The average Bonchev–Trinajstić information content (AvgIpc) is 2.41. The third-order valence-corrected chi connectivity index (χ3v) is 4.03. The van der Waals surface area contributed by atoms with Crippen LogP contribution in [0.15, 0.2) is 42.5 Å². The van der Waals surface area contributed by atoms with Gasteiger partial charge in [-0.2, -0.15) is 0 Å². The Morgan fingerprint density at radius 3 is 2.60 bits per heavy atom. The molecule has 0 aliphatic carbocycles. The molecule has 2 N–H and O–H groups in total. The molecule has 0 spiro atoms. The van der Waals surface area contributed by atoms with Crippen molar-refractivity contribution >= 4 is 17.3 Å². The van der Waals surface area contributed by atoms with Crippen molar-refractivity contribution in [2.75, 3.05) is 12.8 Å². The molecule has 0 heterocycles. The number of hydrogen-bond donors (Lipinski definition) is 1. The Hall–Kier alpha value is -1.51. The standard InChI is InChI=1S/C17H21ClN2/c1-12-7-8-15(17(18)9-12)11-20(3)13(2)14-5-4-6-16(19)10-14/h4-10,13H,11,19H2,1-3H3. The molecule has 1 unspecified atom stereocenters. The van der Waals surface area contributed by atoms with Crippen molar-refractivity contribution in [1.82, 2.24) is 4.90 Å². The molecular formula is C17H21ClN2. The summed E-state index contributed by atoms with van der Waals surface area (Å²) in [5.41, 5.74) is 10.2. The number of rotatable bonds is 4. The number of aryl methyl sites for hydroxylation is 1. The molecule has 0 radical (unpaired) electrons. The van der Waals surface area contributed by atoms with Gasteiger partial charge >= 0.3 is 0 Å². The zero-order valence-electron chi connectivity index (χ0n) is 12.2. The minimum Gasteiger partial charge on any atom is -0.399 e. The summed E-state index contributed by atoms with van der Waals surface area (Å²) < 4.78 is 0. The largest absolute Gasteiger partial charge is 0.399 e. The first-order chi connectivity index (χ1) is 9.47. The molecule has 2 aromatic carbocycles. The first-order valence-corrected chi connectivity index (χ1v) is 7.16. The fourth-order valence-electron chi connectivity index (χ4n) is 2.26. The predicted octanol–water partition coefficient (Wildman–Crippen LogP) is 4.42. The number of anilines is 1. The Kier molecular flexibility index (Phi) is 4.69. The number of halogens is 1. The van der Waals surface area contributed by atoms with Crippen molar-refractivity contribution in [2.24, 2.45) is 0 Å². The molecule has 20 heavy (non-hydrogen) atoms. The first kappa shape index (κ1) is 14.9. The van der Waals surface area contributed by atoms with Crippen LogP contribution in [0.4, 0.5) is 5.69 Å². The molecule has 0 saturated carbocycles. The number of nitrogens with zero attached hydrogens (tertiary/aromatic N) is 1. The Bertz CT molecular complexity index is 595. The molecule has 1 atom stereocenters. The Morgan fingerprint density at radius 1 is 1.20 bits per heavy atom. The Balaban J connectivity index is 2.13. The van der Waals surface area contributed by atoms with Crippen LogP contribution in [0.2, 0.25) is 5.02 Å². The highest BCUT2D eigenvalue weighted by atomic mass is 35.5. The van der Waals surface area contributed by atoms with Crippen LogP contribution in [0.3, 0.4) is 0 Å². The van der Waals surface area contributed by atoms with Gasteiger partial charge in [-0.25, -0.2) is 0 Å². The van der Waals surface area contributed by atoms with Crippen LogP contribution in [-0.4, -0.2) is 11.9 Å². The van der Waals surface area contributed by atoms with Gasteiger partial charge in [0.15, 0.2) is 0 Å². The molecule has 106 valence electrons. The topological polar surface area (TPSA) is 29.3 Å². The van der Waals surface area contributed by atoms with Gasteiger partial charge in [-0.3, -0.25) is 4.90 Å². The second-order valence-corrected chi connectivity index (χ2v) is 5.76. The lowest BCUT2D eigenvalue weighted by molar-refractivity contribution is 0.253. The highest BCUT2D eigenvalue weighted by Crippen LogP contribution is 2.25. The minimum absolute atomic E-state index is 0.288. The fraction of sp³-hybridized carbons (Fsp3) is 0.294. The van der Waals surface area contributed by atoms with Gasteiger partial charge in [0, 0.05) is 23.3 Å². The summed E-state index contributed by atoms with van der Waals surface area (Å²) in [6.07, 6.45) is 0. The van der Waals surface area contributed by atoms with Crippen LogP contribution < -0.4 is 5.73 Å². The summed E-state index contributed by atoms with van der Waals surface area (Å²) >= 11 is 6.30. The summed E-state index contributed by atoms with van der Waals surface area (Å²) in [5, 5.41) is 0.830. The summed E-state index contributed by atoms with van der Waals surface area (Å²) in [7, 11) is 2.10. The summed E-state index contributed by atoms with van der Waals surface area (Å²) in [6, 6.07) is 14.5. The molecule has 0 fully saturated rings. The molecule has 0 aliphatic heterocycles. The van der Waals surface area contributed by atoms with E-state index in [-0.39, 0.29) is 6.04 Å². The van der Waals surface area contributed by atoms with Crippen LogP contribution >= 0.6 is 11.6 Å². The maximum Gasteiger partial charge on any atom is 0.0453 e. The lowest BCUT2D eigenvalue weighted by Gasteiger charge is -2.26. The second kappa shape index (κ2) is 6.29. The normalized spacial score (nSPS) is 12.7. The van der Waals surface area contributed by atoms with E-state index in [1.54, 1.807) is 0 Å². The first-order valence-electron chi connectivity index (χ1n) is 6.78. The Morgan fingerprint density at radius 2 is 1.95 bits per heavy atom. The molecule has 0 aliphatic rings. The van der Waals surface area contributed by atoms with Crippen molar-refractivity contribution in [3.8, 4) is 0 Å². The van der Waals surface area contributed by atoms with Crippen LogP contribution in [0.5, 0.6) is 0 Å². The average molecular weight is 289 g/mol. The quantitative estimate of drug-likeness (QED) is 0.844. The van der Waals surface area contributed by atoms with Crippen LogP contribution in [0, 0.1) is 6.92 Å². The molecule has 2 rings (SSSR count). The van der Waals surface area contributed by atoms with Gasteiger partial charge in [0.05, 0.1) is 0 Å². The third-order valence-electron chi connectivity index (χ3n) is 3.68. The van der Waals surface area contributed by atoms with Gasteiger partial charge in [0.2, 0.25) is 0 Å². The highest BCUT2D eigenvalue weighted by molar-refractivity contribution is 6.31. The van der Waals surface area contributed by atoms with Crippen molar-refractivity contribution in [1.29, 1.82) is 0 Å². The molecule has 0 amide bonds. The summed E-state index contributed by atoms with van der Waals surface area (Å²) in [5.74, 6) is 0. The van der Waals surface area contributed by atoms with Crippen molar-refractivity contribution in [3.05, 3.63) is 64.2 Å². The van der Waals surface area contributed by atoms with E-state index in [2.05, 4.69) is 44.0 Å². The van der Waals surface area contributed by atoms with Crippen LogP contribution in [0.25, 0.3) is 0 Å². The van der Waals surface area contributed by atoms with Crippen LogP contribution in [0.1, 0.15) is 29.7 Å². The highest BCUT2D eigenvalue weighted by Gasteiger charge is 2.13. The van der Waals surface area contributed by atoms with Gasteiger partial charge in [-0.1, -0.05) is 35.9 Å². The molecule has 0 bridgehead atoms. The number of hydrogen-bond acceptors (Lipinski definition) is 2. The maximum absolute atomic E-state index is 6.30. The minimum atomic E-state index is 0.288. The van der Waals surface area contributed by atoms with Crippen LogP contribution in [-0.2, 0) is 6.54 Å². The van der Waals surface area contributed by atoms with Gasteiger partial charge < -0.3 is 5.73 Å². The van der Waals surface area contributed by atoms with Crippen molar-refractivity contribution in [3.63, 3.8) is 0 Å². The molecule has 2 nitrogen and oxygen atoms in total. The smallest absolute Gasteiger partial charge is 0.0453 e. The third kappa shape index (κ3) is 3.53. The van der Waals surface area contributed by atoms with Crippen molar-refractivity contribution < 1.29 is 0 Å². The predicted molar refractivity (Wildman–Crippen MR) is 86.9 cm³/mol. The van der Waals surface area contributed by atoms with Gasteiger partial charge in [0.1, 0.15) is 0 Å². The maximum atomic E-state index is 6.30. The van der Waals surface area contributed by atoms with E-state index in [0.29, 0.717) is 0 Å². The molecule has 0 aromatic heterocycles. The van der Waals surface area contributed by atoms with E-state index in [0.717, 1.165) is 22.8 Å². The molecular weight excluding hydrogens is 268 g/mol. The zero-order chi connectivity index (χ0) is 14.7. The summed E-state index contributed by atoms with van der Waals surface area (Å²) in [6.45, 7) is 5.04. The lowest BCUT2D eigenvalue weighted by atomic mass is 10.1. The van der Waals surface area contributed by atoms with E-state index in [9.17, 15) is 0 Å². The number of benzene rings is 2. The molecule has 3 heteroatoms. The van der Waals surface area contributed by atoms with E-state index < -0.39 is 0 Å². The van der Waals surface area contributed by atoms with Gasteiger partial charge in [-0.05, 0) is 55.8 Å². The van der Waals surface area contributed by atoms with E-state index in [1.807, 2.05) is 24.3 Å².